The molecule has 93 heavy (non-hydrogen) atoms. The number of carbonyl (C=O) groups is 3. The third kappa shape index (κ3) is 75.7. The molecular weight excluding hydrogens is 1150 g/mol. The number of hydrogen-bond donors (Lipinski definition) is 0. The molecule has 0 aromatic rings. The van der Waals surface area contributed by atoms with Crippen molar-refractivity contribution in [3.05, 3.63) is 85.1 Å². The van der Waals surface area contributed by atoms with Crippen molar-refractivity contribution >= 4 is 17.9 Å². The van der Waals surface area contributed by atoms with Gasteiger partial charge in [-0.1, -0.05) is 375 Å². The van der Waals surface area contributed by atoms with E-state index in [0.29, 0.717) is 23.9 Å². The van der Waals surface area contributed by atoms with Crippen molar-refractivity contribution in [1.29, 1.82) is 0 Å². The van der Waals surface area contributed by atoms with Crippen molar-refractivity contribution in [1.82, 2.24) is 0 Å². The number of quaternary nitrogens is 1. The minimum absolute atomic E-state index is 0.149. The van der Waals surface area contributed by atoms with Crippen molar-refractivity contribution in [2.75, 3.05) is 47.5 Å². The fourth-order valence-corrected chi connectivity index (χ4v) is 11.6. The van der Waals surface area contributed by atoms with Crippen LogP contribution in [0.5, 0.6) is 0 Å². The van der Waals surface area contributed by atoms with Crippen molar-refractivity contribution in [3.8, 4) is 0 Å². The number of carboxylic acids is 1. The van der Waals surface area contributed by atoms with Gasteiger partial charge >= 0.3 is 11.9 Å². The maximum absolute atomic E-state index is 13.0. The van der Waals surface area contributed by atoms with Gasteiger partial charge in [0.15, 0.2) is 12.4 Å². The zero-order chi connectivity index (χ0) is 67.5. The van der Waals surface area contributed by atoms with Gasteiger partial charge in [-0.2, -0.15) is 0 Å². The smallest absolute Gasteiger partial charge is 0.306 e. The van der Waals surface area contributed by atoms with Gasteiger partial charge in [0.2, 0.25) is 0 Å². The number of unbranched alkanes of at least 4 members (excludes halogenated alkanes) is 45. The highest BCUT2D eigenvalue weighted by atomic mass is 16.7. The fourth-order valence-electron chi connectivity index (χ4n) is 11.6. The average Bonchev–Trinajstić information content (AvgIpc) is 3.38. The van der Waals surface area contributed by atoms with E-state index in [2.05, 4.69) is 98.9 Å². The third-order valence-corrected chi connectivity index (χ3v) is 17.7. The Labute approximate surface area is 576 Å². The summed E-state index contributed by atoms with van der Waals surface area (Å²) < 4.78 is 22.9. The lowest BCUT2D eigenvalue weighted by molar-refractivity contribution is -0.870. The van der Waals surface area contributed by atoms with Crippen LogP contribution in [0.3, 0.4) is 0 Å². The molecule has 0 heterocycles. The number of allylic oxidation sites excluding steroid dienone is 14. The van der Waals surface area contributed by atoms with Gasteiger partial charge in [-0.15, -0.1) is 0 Å². The third-order valence-electron chi connectivity index (χ3n) is 17.7. The summed E-state index contributed by atoms with van der Waals surface area (Å²) in [6, 6.07) is 0. The second kappa shape index (κ2) is 74.3. The Kier molecular flexibility index (Phi) is 71.4. The zero-order valence-electron chi connectivity index (χ0n) is 61.9. The molecule has 0 aliphatic carbocycles. The van der Waals surface area contributed by atoms with Crippen LogP contribution in [-0.2, 0) is 33.3 Å². The molecule has 2 atom stereocenters. The lowest BCUT2D eigenvalue weighted by Crippen LogP contribution is -2.44. The van der Waals surface area contributed by atoms with Crippen LogP contribution in [0.25, 0.3) is 0 Å². The Bertz CT molecular complexity index is 1810. The van der Waals surface area contributed by atoms with E-state index in [1.54, 1.807) is 0 Å². The first kappa shape index (κ1) is 89.5. The maximum Gasteiger partial charge on any atom is 0.306 e. The summed E-state index contributed by atoms with van der Waals surface area (Å²) in [7, 11) is 5.95. The summed E-state index contributed by atoms with van der Waals surface area (Å²) in [6.45, 7) is 4.70. The molecule has 0 aromatic heterocycles. The Morgan fingerprint density at radius 1 is 0.333 bits per heavy atom. The van der Waals surface area contributed by atoms with Crippen LogP contribution in [0.4, 0.5) is 0 Å². The quantitative estimate of drug-likeness (QED) is 0.0195. The Balaban J connectivity index is 3.99. The lowest BCUT2D eigenvalue weighted by atomic mass is 10.0. The molecule has 0 spiro atoms. The number of aliphatic carboxylic acids is 1. The molecule has 0 fully saturated rings. The molecule has 0 saturated heterocycles. The first-order valence-electron chi connectivity index (χ1n) is 39.7. The van der Waals surface area contributed by atoms with Crippen LogP contribution in [0.15, 0.2) is 85.1 Å². The minimum Gasteiger partial charge on any atom is -0.545 e. The number of carboxylic acid groups (broad SMARTS) is 1. The van der Waals surface area contributed by atoms with Gasteiger partial charge in [0.05, 0.1) is 40.3 Å². The van der Waals surface area contributed by atoms with E-state index in [4.69, 9.17) is 18.9 Å². The summed E-state index contributed by atoms with van der Waals surface area (Å²) in [5.74, 6) is -2.26. The van der Waals surface area contributed by atoms with Gasteiger partial charge in [0.25, 0.3) is 0 Å². The summed E-state index contributed by atoms with van der Waals surface area (Å²) in [5.41, 5.74) is 0. The van der Waals surface area contributed by atoms with Crippen LogP contribution in [-0.4, -0.2) is 82.3 Å². The van der Waals surface area contributed by atoms with Gasteiger partial charge in [-0.05, 0) is 70.6 Å². The monoisotopic (exact) mass is 1300 g/mol. The summed E-state index contributed by atoms with van der Waals surface area (Å²) in [5, 5.41) is 11.9. The highest BCUT2D eigenvalue weighted by Gasteiger charge is 2.22. The van der Waals surface area contributed by atoms with E-state index in [9.17, 15) is 19.5 Å². The van der Waals surface area contributed by atoms with Crippen molar-refractivity contribution < 1.29 is 42.9 Å². The van der Waals surface area contributed by atoms with E-state index in [1.165, 1.54) is 263 Å². The second-order valence-electron chi connectivity index (χ2n) is 28.0. The predicted molar refractivity (Wildman–Crippen MR) is 398 cm³/mol. The number of likely N-dealkylation sites (N-methyl/N-ethyl adjacent to an activating group) is 1. The molecule has 0 aromatic carbocycles. The molecule has 0 rings (SSSR count). The predicted octanol–water partition coefficient (Wildman–Crippen LogP) is 24.0. The molecule has 0 saturated carbocycles. The minimum atomic E-state index is -1.62. The molecule has 0 bridgehead atoms. The number of nitrogens with zero attached hydrogens (tertiary/aromatic N) is 1. The van der Waals surface area contributed by atoms with E-state index in [0.717, 1.165) is 77.0 Å². The number of esters is 2. The zero-order valence-corrected chi connectivity index (χ0v) is 61.9. The van der Waals surface area contributed by atoms with E-state index in [1.807, 2.05) is 21.1 Å². The molecule has 0 aliphatic heterocycles. The molecule has 0 N–H and O–H groups in total. The van der Waals surface area contributed by atoms with Gasteiger partial charge in [-0.3, -0.25) is 9.59 Å². The Morgan fingerprint density at radius 2 is 0.613 bits per heavy atom. The van der Waals surface area contributed by atoms with Gasteiger partial charge in [-0.25, -0.2) is 0 Å². The van der Waals surface area contributed by atoms with E-state index >= 15 is 0 Å². The largest absolute Gasteiger partial charge is 0.545 e. The molecule has 0 amide bonds. The highest BCUT2D eigenvalue weighted by Crippen LogP contribution is 2.19. The van der Waals surface area contributed by atoms with Crippen LogP contribution >= 0.6 is 0 Å². The SMILES string of the molecule is CC/C=C\C/C=C\C/C=C\C/C=C\C/C=C\C/C=C\C/C=C\CCCCCCCCCCCCCCCCCCCCCC(=O)OC(COC(=O)CCCCCCCCCCCCCCCCCCCCCCCCCCCCC)COC(OCC[N+](C)(C)C)C(=O)[O-]. The standard InChI is InChI=1S/C84H151NO8/c1-6-8-10-12-14-16-18-20-22-24-26-28-30-32-34-35-36-37-38-39-40-41-42-43-44-45-46-47-49-51-53-55-57-59-61-63-65-67-69-71-73-75-82(87)93-80(79-92-84(83(88)89)90-77-76-85(3,4)5)78-91-81(86)74-72-70-68-66-64-62-60-58-56-54-52-50-48-33-31-29-27-25-23-21-19-17-15-13-11-9-7-2/h8,10,14,16,20,22,26,28,32,34,36-37,39-40,80,84H,6-7,9,11-13,15,17-19,21,23-25,27,29-31,33,35,38,41-79H2,1-5H3/b10-8-,16-14-,22-20-,28-26-,34-32-,37-36-,40-39-. The molecule has 9 heteroatoms. The van der Waals surface area contributed by atoms with Gasteiger partial charge in [0, 0.05) is 12.8 Å². The van der Waals surface area contributed by atoms with Crippen molar-refractivity contribution in [3.63, 3.8) is 0 Å². The molecule has 0 aliphatic rings. The Hall–Kier alpha value is -3.53. The first-order valence-corrected chi connectivity index (χ1v) is 39.7. The normalized spacial score (nSPS) is 13.1. The van der Waals surface area contributed by atoms with Crippen LogP contribution < -0.4 is 5.11 Å². The van der Waals surface area contributed by atoms with E-state index in [-0.39, 0.29) is 32.2 Å². The van der Waals surface area contributed by atoms with Crippen LogP contribution in [0.1, 0.15) is 373 Å². The summed E-state index contributed by atoms with van der Waals surface area (Å²) >= 11 is 0. The van der Waals surface area contributed by atoms with E-state index < -0.39 is 24.3 Å². The number of rotatable bonds is 74. The van der Waals surface area contributed by atoms with Crippen LogP contribution in [0, 0.1) is 0 Å². The fraction of sp³-hybridized carbons (Fsp3) is 0.798. The van der Waals surface area contributed by atoms with Gasteiger partial charge < -0.3 is 33.3 Å². The van der Waals surface area contributed by atoms with Crippen molar-refractivity contribution in [2.24, 2.45) is 0 Å². The van der Waals surface area contributed by atoms with Crippen LogP contribution in [0.2, 0.25) is 0 Å². The molecule has 0 radical (unpaired) electrons. The molecule has 2 unspecified atom stereocenters. The summed E-state index contributed by atoms with van der Waals surface area (Å²) in [6.07, 6.45) is 98.5. The number of ether oxygens (including phenoxy) is 4. The van der Waals surface area contributed by atoms with Gasteiger partial charge in [0.1, 0.15) is 13.2 Å². The van der Waals surface area contributed by atoms with Crippen molar-refractivity contribution in [2.45, 2.75) is 386 Å². The maximum atomic E-state index is 13.0. The first-order chi connectivity index (χ1) is 45.6. The number of hydrogen-bond acceptors (Lipinski definition) is 8. The average molecular weight is 1300 g/mol. The summed E-state index contributed by atoms with van der Waals surface area (Å²) in [4.78, 5) is 37.6. The number of carbonyl (C=O) groups excluding carboxylic acids is 3. The highest BCUT2D eigenvalue weighted by molar-refractivity contribution is 5.70. The second-order valence-corrected chi connectivity index (χ2v) is 28.0. The Morgan fingerprint density at radius 3 is 0.914 bits per heavy atom. The molecule has 540 valence electrons. The molecule has 9 nitrogen and oxygen atoms in total. The molecular formula is C84H151NO8. The topological polar surface area (TPSA) is 111 Å². The lowest BCUT2D eigenvalue weighted by Gasteiger charge is -2.26.